The molecule has 1 atom stereocenters. The largest absolute Gasteiger partial charge is 0.381 e. The van der Waals surface area contributed by atoms with Gasteiger partial charge in [-0.2, -0.15) is 0 Å². The normalized spacial score (nSPS) is 21.5. The van der Waals surface area contributed by atoms with E-state index in [-0.39, 0.29) is 12.0 Å². The van der Waals surface area contributed by atoms with E-state index in [0.717, 1.165) is 50.4 Å². The molecule has 6 heteroatoms. The fraction of sp³-hybridized carbons (Fsp3) is 0.500. The standard InChI is InChI=1S/C24H31N3O3/c28-24-18-26(15-22-8-4-5-11-25-22)16-23(30-19-21-6-2-1-3-7-21)17-27(24)14-20-9-12-29-13-10-20/h1-8,11,20,23H,9-10,12-19H2. The molecule has 1 unspecified atom stereocenters. The molecule has 1 aromatic heterocycles. The van der Waals surface area contributed by atoms with E-state index in [1.807, 2.05) is 41.3 Å². The van der Waals surface area contributed by atoms with Crippen LogP contribution in [0.15, 0.2) is 54.7 Å². The number of aromatic nitrogens is 1. The molecule has 2 aromatic rings. The monoisotopic (exact) mass is 409 g/mol. The molecule has 2 aliphatic heterocycles. The van der Waals surface area contributed by atoms with Crippen molar-refractivity contribution in [2.45, 2.75) is 32.1 Å². The fourth-order valence-corrected chi connectivity index (χ4v) is 4.20. The Hall–Kier alpha value is -2.28. The number of hydrogen-bond acceptors (Lipinski definition) is 5. The predicted molar refractivity (Wildman–Crippen MR) is 115 cm³/mol. The first-order valence-electron chi connectivity index (χ1n) is 10.9. The summed E-state index contributed by atoms with van der Waals surface area (Å²) in [5.74, 6) is 0.697. The topological polar surface area (TPSA) is 54.9 Å². The molecular formula is C24H31N3O3. The van der Waals surface area contributed by atoms with Crippen molar-refractivity contribution in [3.05, 3.63) is 66.0 Å². The molecule has 0 bridgehead atoms. The Morgan fingerprint density at radius 3 is 2.60 bits per heavy atom. The summed E-state index contributed by atoms with van der Waals surface area (Å²) in [5, 5.41) is 0. The third kappa shape index (κ3) is 6.11. The summed E-state index contributed by atoms with van der Waals surface area (Å²) in [5.41, 5.74) is 2.13. The van der Waals surface area contributed by atoms with Crippen molar-refractivity contribution in [2.75, 3.05) is 39.4 Å². The molecule has 1 aromatic carbocycles. The zero-order valence-electron chi connectivity index (χ0n) is 17.5. The lowest BCUT2D eigenvalue weighted by molar-refractivity contribution is -0.133. The van der Waals surface area contributed by atoms with Gasteiger partial charge in [0.25, 0.3) is 0 Å². The van der Waals surface area contributed by atoms with E-state index in [9.17, 15) is 4.79 Å². The Balaban J connectivity index is 1.44. The Kier molecular flexibility index (Phi) is 7.45. The van der Waals surface area contributed by atoms with Crippen LogP contribution in [0.25, 0.3) is 0 Å². The number of ether oxygens (including phenoxy) is 2. The quantitative estimate of drug-likeness (QED) is 0.704. The van der Waals surface area contributed by atoms with Crippen LogP contribution in [-0.4, -0.2) is 66.2 Å². The lowest BCUT2D eigenvalue weighted by atomic mass is 9.99. The number of hydrogen-bond donors (Lipinski definition) is 0. The second-order valence-electron chi connectivity index (χ2n) is 8.26. The van der Waals surface area contributed by atoms with Crippen LogP contribution in [0.2, 0.25) is 0 Å². The minimum absolute atomic E-state index is 0.0276. The SMILES string of the molecule is O=C1CN(Cc2ccccn2)CC(OCc2ccccc2)CN1CC1CCOCC1. The van der Waals surface area contributed by atoms with Crippen molar-refractivity contribution < 1.29 is 14.3 Å². The number of amides is 1. The van der Waals surface area contributed by atoms with Gasteiger partial charge in [0.1, 0.15) is 0 Å². The number of carbonyl (C=O) groups excluding carboxylic acids is 1. The summed E-state index contributed by atoms with van der Waals surface area (Å²) in [6, 6.07) is 16.1. The highest BCUT2D eigenvalue weighted by molar-refractivity contribution is 5.78. The van der Waals surface area contributed by atoms with E-state index in [4.69, 9.17) is 9.47 Å². The van der Waals surface area contributed by atoms with Crippen LogP contribution in [0.1, 0.15) is 24.1 Å². The molecule has 0 aliphatic carbocycles. The van der Waals surface area contributed by atoms with E-state index >= 15 is 0 Å². The van der Waals surface area contributed by atoms with Crippen molar-refractivity contribution in [3.63, 3.8) is 0 Å². The van der Waals surface area contributed by atoms with Crippen LogP contribution in [0, 0.1) is 5.92 Å². The first-order valence-corrected chi connectivity index (χ1v) is 10.9. The molecule has 0 spiro atoms. The lowest BCUT2D eigenvalue weighted by Gasteiger charge is -2.30. The van der Waals surface area contributed by atoms with Crippen molar-refractivity contribution in [2.24, 2.45) is 5.92 Å². The van der Waals surface area contributed by atoms with Crippen molar-refractivity contribution in [1.29, 1.82) is 0 Å². The average Bonchev–Trinajstić information content (AvgIpc) is 2.92. The summed E-state index contributed by atoms with van der Waals surface area (Å²) >= 11 is 0. The number of benzene rings is 1. The van der Waals surface area contributed by atoms with Crippen LogP contribution in [0.5, 0.6) is 0 Å². The summed E-state index contributed by atoms with van der Waals surface area (Å²) in [7, 11) is 0. The van der Waals surface area contributed by atoms with Gasteiger partial charge in [-0.05, 0) is 36.5 Å². The molecule has 0 saturated carbocycles. The van der Waals surface area contributed by atoms with Gasteiger partial charge < -0.3 is 14.4 Å². The Labute approximate surface area is 178 Å². The Morgan fingerprint density at radius 1 is 1.03 bits per heavy atom. The van der Waals surface area contributed by atoms with Crippen LogP contribution in [0.4, 0.5) is 0 Å². The maximum Gasteiger partial charge on any atom is 0.236 e. The van der Waals surface area contributed by atoms with E-state index < -0.39 is 0 Å². The van der Waals surface area contributed by atoms with Crippen LogP contribution >= 0.6 is 0 Å². The molecule has 1 amide bonds. The first-order chi connectivity index (χ1) is 14.8. The third-order valence-corrected chi connectivity index (χ3v) is 5.86. The molecule has 4 rings (SSSR count). The maximum atomic E-state index is 13.1. The lowest BCUT2D eigenvalue weighted by Crippen LogP contribution is -2.42. The molecule has 2 saturated heterocycles. The van der Waals surface area contributed by atoms with Crippen molar-refractivity contribution in [3.8, 4) is 0 Å². The van der Waals surface area contributed by atoms with E-state index in [2.05, 4.69) is 22.0 Å². The molecular weight excluding hydrogens is 378 g/mol. The zero-order chi connectivity index (χ0) is 20.6. The minimum atomic E-state index is -0.0276. The van der Waals surface area contributed by atoms with Gasteiger partial charge in [0.15, 0.2) is 0 Å². The van der Waals surface area contributed by atoms with Gasteiger partial charge in [-0.15, -0.1) is 0 Å². The summed E-state index contributed by atoms with van der Waals surface area (Å²) < 4.78 is 11.8. The number of carbonyl (C=O) groups is 1. The van der Waals surface area contributed by atoms with Gasteiger partial charge in [-0.1, -0.05) is 36.4 Å². The number of rotatable bonds is 7. The summed E-state index contributed by atoms with van der Waals surface area (Å²) in [4.78, 5) is 21.7. The molecule has 2 aliphatic rings. The van der Waals surface area contributed by atoms with Crippen molar-refractivity contribution in [1.82, 2.24) is 14.8 Å². The third-order valence-electron chi connectivity index (χ3n) is 5.86. The van der Waals surface area contributed by atoms with E-state index in [1.165, 1.54) is 0 Å². The van der Waals surface area contributed by atoms with E-state index in [0.29, 0.717) is 32.2 Å². The average molecular weight is 410 g/mol. The van der Waals surface area contributed by atoms with Crippen molar-refractivity contribution >= 4 is 5.91 Å². The molecule has 30 heavy (non-hydrogen) atoms. The minimum Gasteiger partial charge on any atom is -0.381 e. The number of nitrogens with zero attached hydrogens (tertiary/aromatic N) is 3. The van der Waals surface area contributed by atoms with Gasteiger partial charge in [0.05, 0.1) is 24.9 Å². The molecule has 3 heterocycles. The highest BCUT2D eigenvalue weighted by atomic mass is 16.5. The van der Waals surface area contributed by atoms with Gasteiger partial charge in [-0.25, -0.2) is 0 Å². The molecule has 0 radical (unpaired) electrons. The summed E-state index contributed by atoms with van der Waals surface area (Å²) in [6.07, 6.45) is 3.82. The smallest absolute Gasteiger partial charge is 0.236 e. The Bertz CT molecular complexity index is 781. The van der Waals surface area contributed by atoms with Crippen LogP contribution in [-0.2, 0) is 27.4 Å². The van der Waals surface area contributed by atoms with E-state index in [1.54, 1.807) is 6.20 Å². The second-order valence-corrected chi connectivity index (χ2v) is 8.26. The molecule has 0 N–H and O–H groups in total. The maximum absolute atomic E-state index is 13.1. The predicted octanol–water partition coefficient (Wildman–Crippen LogP) is 2.74. The molecule has 160 valence electrons. The van der Waals surface area contributed by atoms with Gasteiger partial charge in [0.2, 0.25) is 5.91 Å². The Morgan fingerprint density at radius 2 is 1.83 bits per heavy atom. The number of pyridine rings is 1. The molecule has 2 fully saturated rings. The van der Waals surface area contributed by atoms with Gasteiger partial charge in [-0.3, -0.25) is 14.7 Å². The highest BCUT2D eigenvalue weighted by Crippen LogP contribution is 2.19. The van der Waals surface area contributed by atoms with Gasteiger partial charge in [0, 0.05) is 45.6 Å². The van der Waals surface area contributed by atoms with Crippen LogP contribution < -0.4 is 0 Å². The van der Waals surface area contributed by atoms with Gasteiger partial charge >= 0.3 is 0 Å². The second kappa shape index (κ2) is 10.7. The molecule has 6 nitrogen and oxygen atoms in total. The van der Waals surface area contributed by atoms with Crippen LogP contribution in [0.3, 0.4) is 0 Å². The fourth-order valence-electron chi connectivity index (χ4n) is 4.20. The zero-order valence-corrected chi connectivity index (χ0v) is 17.5. The highest BCUT2D eigenvalue weighted by Gasteiger charge is 2.30. The summed E-state index contributed by atoms with van der Waals surface area (Å²) in [6.45, 7) is 5.38. The first kappa shape index (κ1) is 21.0.